The third-order valence-corrected chi connectivity index (χ3v) is 1.86. The summed E-state index contributed by atoms with van der Waals surface area (Å²) in [5.74, 6) is 0. The van der Waals surface area contributed by atoms with Crippen LogP contribution in [0.25, 0.3) is 0 Å². The summed E-state index contributed by atoms with van der Waals surface area (Å²) >= 11 is 0. The van der Waals surface area contributed by atoms with Crippen LogP contribution >= 0.6 is 0 Å². The van der Waals surface area contributed by atoms with E-state index >= 15 is 0 Å². The Morgan fingerprint density at radius 1 is 1.38 bits per heavy atom. The SMILES string of the molecule is CCN/C=N/c1cc(C)ccc1C. The van der Waals surface area contributed by atoms with Crippen molar-refractivity contribution < 1.29 is 0 Å². The highest BCUT2D eigenvalue weighted by atomic mass is 14.9. The van der Waals surface area contributed by atoms with Crippen molar-refractivity contribution in [3.05, 3.63) is 29.3 Å². The maximum absolute atomic E-state index is 4.32. The lowest BCUT2D eigenvalue weighted by atomic mass is 10.1. The van der Waals surface area contributed by atoms with Gasteiger partial charge < -0.3 is 5.32 Å². The maximum atomic E-state index is 4.32. The van der Waals surface area contributed by atoms with Crippen LogP contribution in [0.5, 0.6) is 0 Å². The van der Waals surface area contributed by atoms with Crippen molar-refractivity contribution in [1.29, 1.82) is 0 Å². The van der Waals surface area contributed by atoms with Crippen LogP contribution in [0.1, 0.15) is 18.1 Å². The summed E-state index contributed by atoms with van der Waals surface area (Å²) in [6.07, 6.45) is 1.75. The molecule has 1 aromatic rings. The number of nitrogens with one attached hydrogen (secondary N) is 1. The van der Waals surface area contributed by atoms with Crippen LogP contribution in [0.2, 0.25) is 0 Å². The number of aryl methyl sites for hydroxylation is 2. The first-order valence-electron chi connectivity index (χ1n) is 4.57. The molecular formula is C11H16N2. The van der Waals surface area contributed by atoms with Gasteiger partial charge in [-0.2, -0.15) is 0 Å². The monoisotopic (exact) mass is 176 g/mol. The summed E-state index contributed by atoms with van der Waals surface area (Å²) in [5.41, 5.74) is 3.50. The predicted octanol–water partition coefficient (Wildman–Crippen LogP) is 2.57. The first-order chi connectivity index (χ1) is 6.24. The molecule has 1 rings (SSSR count). The van der Waals surface area contributed by atoms with Crippen molar-refractivity contribution in [3.63, 3.8) is 0 Å². The molecule has 0 saturated carbocycles. The van der Waals surface area contributed by atoms with Crippen LogP contribution in [0, 0.1) is 13.8 Å². The fraction of sp³-hybridized carbons (Fsp3) is 0.364. The zero-order chi connectivity index (χ0) is 9.68. The Hall–Kier alpha value is -1.31. The van der Waals surface area contributed by atoms with Gasteiger partial charge in [-0.3, -0.25) is 0 Å². The summed E-state index contributed by atoms with van der Waals surface area (Å²) in [4.78, 5) is 4.32. The van der Waals surface area contributed by atoms with E-state index in [0.29, 0.717) is 0 Å². The van der Waals surface area contributed by atoms with Crippen LogP contribution in [-0.4, -0.2) is 12.9 Å². The minimum atomic E-state index is 0.911. The van der Waals surface area contributed by atoms with Crippen LogP contribution in [0.4, 0.5) is 5.69 Å². The largest absolute Gasteiger partial charge is 0.376 e. The third-order valence-electron chi connectivity index (χ3n) is 1.86. The van der Waals surface area contributed by atoms with E-state index in [1.54, 1.807) is 6.34 Å². The molecule has 2 heteroatoms. The summed E-state index contributed by atoms with van der Waals surface area (Å²) in [6, 6.07) is 6.28. The van der Waals surface area contributed by atoms with Gasteiger partial charge in [0.05, 0.1) is 12.0 Å². The van der Waals surface area contributed by atoms with Gasteiger partial charge in [0.1, 0.15) is 0 Å². The maximum Gasteiger partial charge on any atom is 0.0886 e. The fourth-order valence-electron chi connectivity index (χ4n) is 1.06. The van der Waals surface area contributed by atoms with Crippen molar-refractivity contribution in [2.75, 3.05) is 6.54 Å². The zero-order valence-corrected chi connectivity index (χ0v) is 8.46. The zero-order valence-electron chi connectivity index (χ0n) is 8.46. The van der Waals surface area contributed by atoms with Gasteiger partial charge in [0, 0.05) is 6.54 Å². The second-order valence-electron chi connectivity index (χ2n) is 3.11. The highest BCUT2D eigenvalue weighted by molar-refractivity contribution is 5.63. The molecule has 0 aliphatic heterocycles. The predicted molar refractivity (Wildman–Crippen MR) is 57.7 cm³/mol. The first kappa shape index (κ1) is 9.78. The van der Waals surface area contributed by atoms with Crippen molar-refractivity contribution in [1.82, 2.24) is 5.32 Å². The Morgan fingerprint density at radius 3 is 2.85 bits per heavy atom. The molecule has 0 fully saturated rings. The van der Waals surface area contributed by atoms with Gasteiger partial charge in [0.15, 0.2) is 0 Å². The molecule has 0 spiro atoms. The van der Waals surface area contributed by atoms with E-state index in [2.05, 4.69) is 49.3 Å². The number of nitrogens with zero attached hydrogens (tertiary/aromatic N) is 1. The number of aliphatic imine (C=N–C) groups is 1. The lowest BCUT2D eigenvalue weighted by molar-refractivity contribution is 0.987. The number of rotatable bonds is 3. The molecule has 0 aliphatic carbocycles. The Kier molecular flexibility index (Phi) is 3.50. The molecular weight excluding hydrogens is 160 g/mol. The van der Waals surface area contributed by atoms with Gasteiger partial charge in [0.25, 0.3) is 0 Å². The Balaban J connectivity index is 2.81. The van der Waals surface area contributed by atoms with Crippen LogP contribution in [0.15, 0.2) is 23.2 Å². The number of hydrogen-bond donors (Lipinski definition) is 1. The number of hydrogen-bond acceptors (Lipinski definition) is 1. The van der Waals surface area contributed by atoms with Crippen LogP contribution < -0.4 is 5.32 Å². The number of benzene rings is 1. The Labute approximate surface area is 79.7 Å². The molecule has 0 radical (unpaired) electrons. The third kappa shape index (κ3) is 2.90. The van der Waals surface area contributed by atoms with Crippen LogP contribution in [0.3, 0.4) is 0 Å². The molecule has 13 heavy (non-hydrogen) atoms. The topological polar surface area (TPSA) is 24.4 Å². The van der Waals surface area contributed by atoms with Gasteiger partial charge >= 0.3 is 0 Å². The average Bonchev–Trinajstić information content (AvgIpc) is 2.11. The highest BCUT2D eigenvalue weighted by Gasteiger charge is 1.94. The van der Waals surface area contributed by atoms with Crippen molar-refractivity contribution in [3.8, 4) is 0 Å². The molecule has 0 amide bonds. The minimum absolute atomic E-state index is 0.911. The van der Waals surface area contributed by atoms with E-state index in [1.165, 1.54) is 11.1 Å². The molecule has 0 unspecified atom stereocenters. The Bertz CT molecular complexity index is 303. The smallest absolute Gasteiger partial charge is 0.0886 e. The van der Waals surface area contributed by atoms with Crippen molar-refractivity contribution in [2.45, 2.75) is 20.8 Å². The van der Waals surface area contributed by atoms with E-state index in [-0.39, 0.29) is 0 Å². The molecule has 70 valence electrons. The molecule has 0 bridgehead atoms. The van der Waals surface area contributed by atoms with E-state index in [9.17, 15) is 0 Å². The van der Waals surface area contributed by atoms with Gasteiger partial charge in [-0.15, -0.1) is 0 Å². The Morgan fingerprint density at radius 2 is 2.15 bits per heavy atom. The fourth-order valence-corrected chi connectivity index (χ4v) is 1.06. The molecule has 1 aromatic carbocycles. The molecule has 0 atom stereocenters. The van der Waals surface area contributed by atoms with Crippen molar-refractivity contribution in [2.24, 2.45) is 4.99 Å². The second kappa shape index (κ2) is 4.65. The molecule has 0 saturated heterocycles. The summed E-state index contributed by atoms with van der Waals surface area (Å²) in [7, 11) is 0. The van der Waals surface area contributed by atoms with Gasteiger partial charge in [0.2, 0.25) is 0 Å². The van der Waals surface area contributed by atoms with E-state index in [4.69, 9.17) is 0 Å². The lowest BCUT2D eigenvalue weighted by Gasteiger charge is -2.00. The van der Waals surface area contributed by atoms with E-state index < -0.39 is 0 Å². The van der Waals surface area contributed by atoms with E-state index in [0.717, 1.165) is 12.2 Å². The van der Waals surface area contributed by atoms with Crippen LogP contribution in [-0.2, 0) is 0 Å². The highest BCUT2D eigenvalue weighted by Crippen LogP contribution is 2.18. The average molecular weight is 176 g/mol. The lowest BCUT2D eigenvalue weighted by Crippen LogP contribution is -2.08. The van der Waals surface area contributed by atoms with Gasteiger partial charge in [-0.05, 0) is 38.0 Å². The first-order valence-corrected chi connectivity index (χ1v) is 4.57. The minimum Gasteiger partial charge on any atom is -0.376 e. The molecule has 0 heterocycles. The summed E-state index contributed by atoms with van der Waals surface area (Å²) in [6.45, 7) is 7.10. The normalized spacial score (nSPS) is 10.7. The summed E-state index contributed by atoms with van der Waals surface area (Å²) in [5, 5.41) is 3.05. The molecule has 1 N–H and O–H groups in total. The standard InChI is InChI=1S/C11H16N2/c1-4-12-8-13-11-7-9(2)5-6-10(11)3/h5-8H,4H2,1-3H3,(H,12,13). The second-order valence-corrected chi connectivity index (χ2v) is 3.11. The quantitative estimate of drug-likeness (QED) is 0.555. The summed E-state index contributed by atoms with van der Waals surface area (Å²) < 4.78 is 0. The molecule has 0 aliphatic rings. The van der Waals surface area contributed by atoms with Gasteiger partial charge in [-0.25, -0.2) is 4.99 Å². The van der Waals surface area contributed by atoms with E-state index in [1.807, 2.05) is 0 Å². The van der Waals surface area contributed by atoms with Gasteiger partial charge in [-0.1, -0.05) is 12.1 Å². The molecule has 0 aromatic heterocycles. The molecule has 2 nitrogen and oxygen atoms in total. The van der Waals surface area contributed by atoms with Crippen molar-refractivity contribution >= 4 is 12.0 Å².